The van der Waals surface area contributed by atoms with Crippen molar-refractivity contribution in [2.24, 2.45) is 0 Å². The van der Waals surface area contributed by atoms with Crippen LogP contribution in [0.3, 0.4) is 0 Å². The fraction of sp³-hybridized carbons (Fsp3) is 0.606. The molecule has 2 N–H and O–H groups in total. The van der Waals surface area contributed by atoms with Crippen LogP contribution in [-0.2, 0) is 10.3 Å². The molecule has 3 rings (SSSR count). The van der Waals surface area contributed by atoms with Crippen LogP contribution < -0.4 is 4.74 Å². The quantitative estimate of drug-likeness (QED) is 0.307. The lowest BCUT2D eigenvalue weighted by Gasteiger charge is -2.34. The van der Waals surface area contributed by atoms with E-state index in [1.165, 1.54) is 81.0 Å². The largest absolute Gasteiger partial charge is 0.507 e. The predicted octanol–water partition coefficient (Wildman–Crippen LogP) is 8.98. The van der Waals surface area contributed by atoms with Crippen LogP contribution in [0.4, 0.5) is 0 Å². The van der Waals surface area contributed by atoms with Crippen molar-refractivity contribution < 1.29 is 24.5 Å². The van der Waals surface area contributed by atoms with Crippen LogP contribution in [0.2, 0.25) is 0 Å². The lowest BCUT2D eigenvalue weighted by Crippen LogP contribution is -2.35. The van der Waals surface area contributed by atoms with Gasteiger partial charge >= 0.3 is 5.97 Å². The van der Waals surface area contributed by atoms with E-state index in [1.807, 2.05) is 6.92 Å². The van der Waals surface area contributed by atoms with Crippen molar-refractivity contribution in [3.05, 3.63) is 59.2 Å². The van der Waals surface area contributed by atoms with Crippen molar-refractivity contribution in [1.82, 2.24) is 0 Å². The lowest BCUT2D eigenvalue weighted by atomic mass is 9.85. The van der Waals surface area contributed by atoms with Gasteiger partial charge in [-0.05, 0) is 68.7 Å². The first-order valence-electron chi connectivity index (χ1n) is 14.7. The fourth-order valence-electron chi connectivity index (χ4n) is 5.47. The number of carbonyl (C=O) groups is 1. The molecule has 2 aromatic rings. The van der Waals surface area contributed by atoms with Gasteiger partial charge in [-0.1, -0.05) is 83.1 Å². The second-order valence-corrected chi connectivity index (χ2v) is 11.4. The summed E-state index contributed by atoms with van der Waals surface area (Å²) in [6.45, 7) is 8.94. The van der Waals surface area contributed by atoms with Crippen LogP contribution >= 0.6 is 0 Å². The maximum atomic E-state index is 11.2. The molecule has 2 atom stereocenters. The van der Waals surface area contributed by atoms with E-state index in [4.69, 9.17) is 14.6 Å². The van der Waals surface area contributed by atoms with Gasteiger partial charge in [0.2, 0.25) is 0 Å². The lowest BCUT2D eigenvalue weighted by molar-refractivity contribution is -0.0619. The monoisotopic (exact) mass is 524 g/mol. The van der Waals surface area contributed by atoms with Gasteiger partial charge < -0.3 is 19.7 Å². The molecular weight excluding hydrogens is 476 g/mol. The average molecular weight is 525 g/mol. The number of aromatic hydroxyl groups is 1. The summed E-state index contributed by atoms with van der Waals surface area (Å²) in [6, 6.07) is 13.5. The molecule has 38 heavy (non-hydrogen) atoms. The van der Waals surface area contributed by atoms with E-state index in [9.17, 15) is 9.90 Å². The highest BCUT2D eigenvalue weighted by atomic mass is 16.5. The molecule has 0 radical (unpaired) electrons. The van der Waals surface area contributed by atoms with Crippen molar-refractivity contribution >= 4 is 5.97 Å². The third kappa shape index (κ3) is 8.23. The van der Waals surface area contributed by atoms with Crippen molar-refractivity contribution in [2.75, 3.05) is 6.61 Å². The summed E-state index contributed by atoms with van der Waals surface area (Å²) in [4.78, 5) is 11.2. The van der Waals surface area contributed by atoms with Crippen LogP contribution in [0.5, 0.6) is 11.5 Å². The second-order valence-electron chi connectivity index (χ2n) is 11.4. The van der Waals surface area contributed by atoms with Gasteiger partial charge in [0, 0.05) is 12.5 Å². The molecule has 1 aliphatic carbocycles. The minimum Gasteiger partial charge on any atom is -0.507 e. The predicted molar refractivity (Wildman–Crippen MR) is 153 cm³/mol. The molecule has 0 aromatic heterocycles. The summed E-state index contributed by atoms with van der Waals surface area (Å²) in [5.41, 5.74) is 1.65. The Morgan fingerprint density at radius 3 is 2.03 bits per heavy atom. The minimum absolute atomic E-state index is 0.135. The van der Waals surface area contributed by atoms with Gasteiger partial charge in [0.05, 0.1) is 12.2 Å². The molecule has 0 aliphatic heterocycles. The topological polar surface area (TPSA) is 76.0 Å². The maximum Gasteiger partial charge on any atom is 0.339 e. The van der Waals surface area contributed by atoms with Crippen molar-refractivity contribution in [2.45, 2.75) is 122 Å². The van der Waals surface area contributed by atoms with E-state index in [0.717, 1.165) is 12.8 Å². The molecule has 210 valence electrons. The van der Waals surface area contributed by atoms with Crippen molar-refractivity contribution in [1.29, 1.82) is 0 Å². The Morgan fingerprint density at radius 2 is 1.50 bits per heavy atom. The van der Waals surface area contributed by atoms with Gasteiger partial charge in [0.25, 0.3) is 0 Å². The van der Waals surface area contributed by atoms with Crippen LogP contribution in [0, 0.1) is 0 Å². The minimum atomic E-state index is -1.16. The first-order chi connectivity index (χ1) is 18.2. The third-order valence-corrected chi connectivity index (χ3v) is 8.64. The molecule has 1 aliphatic rings. The molecule has 0 spiro atoms. The van der Waals surface area contributed by atoms with Gasteiger partial charge in [-0.25, -0.2) is 4.79 Å². The number of carboxylic acid groups (broad SMARTS) is 1. The highest BCUT2D eigenvalue weighted by molar-refractivity contribution is 5.90. The number of carboxylic acids is 1. The van der Waals surface area contributed by atoms with Crippen LogP contribution in [0.1, 0.15) is 132 Å². The first-order valence-corrected chi connectivity index (χ1v) is 14.7. The molecule has 2 aromatic carbocycles. The van der Waals surface area contributed by atoms with E-state index in [-0.39, 0.29) is 16.9 Å². The second kappa shape index (κ2) is 14.0. The molecule has 0 amide bonds. The smallest absolute Gasteiger partial charge is 0.339 e. The van der Waals surface area contributed by atoms with Gasteiger partial charge in [0.15, 0.2) is 0 Å². The normalized spacial score (nSPS) is 18.7. The zero-order valence-corrected chi connectivity index (χ0v) is 23.9. The first kappa shape index (κ1) is 30.0. The summed E-state index contributed by atoms with van der Waals surface area (Å²) in [5, 5.41) is 19.2. The molecule has 1 fully saturated rings. The van der Waals surface area contributed by atoms with Gasteiger partial charge in [-0.3, -0.25) is 0 Å². The van der Waals surface area contributed by atoms with E-state index < -0.39 is 11.6 Å². The Balaban J connectivity index is 1.61. The highest BCUT2D eigenvalue weighted by Gasteiger charge is 2.30. The standard InChI is InChI=1S/C33H48O5/c1-5-32(3,38-28-20-21-29(31(35)36)30(34)24-28)22-23-37-33(4,6-2)27-18-16-26(17-19-27)25-14-12-10-8-7-9-11-13-15-25/h16-21,24-25,34H,5-15,22-23H2,1-4H3,(H,35,36). The number of benzene rings is 2. The molecule has 5 heteroatoms. The molecule has 0 heterocycles. The van der Waals surface area contributed by atoms with Crippen molar-refractivity contribution in [3.8, 4) is 11.5 Å². The zero-order chi connectivity index (χ0) is 27.6. The Bertz CT molecular complexity index is 1010. The SMILES string of the molecule is CCC(C)(CCOC(C)(CC)c1ccc(C2CCCCCCCCC2)cc1)Oc1ccc(C(=O)O)c(O)c1. The van der Waals surface area contributed by atoms with E-state index in [2.05, 4.69) is 45.0 Å². The maximum absolute atomic E-state index is 11.2. The van der Waals surface area contributed by atoms with Crippen molar-refractivity contribution in [3.63, 3.8) is 0 Å². The zero-order valence-electron chi connectivity index (χ0n) is 23.9. The average Bonchev–Trinajstić information content (AvgIpc) is 2.91. The Morgan fingerprint density at radius 1 is 0.895 bits per heavy atom. The number of ether oxygens (including phenoxy) is 2. The summed E-state index contributed by atoms with van der Waals surface area (Å²) >= 11 is 0. The summed E-state index contributed by atoms with van der Waals surface area (Å²) in [5.74, 6) is -0.339. The molecular formula is C33H48O5. The Hall–Kier alpha value is -2.53. The van der Waals surface area contributed by atoms with E-state index in [0.29, 0.717) is 24.7 Å². The van der Waals surface area contributed by atoms with E-state index in [1.54, 1.807) is 6.07 Å². The molecule has 1 saturated carbocycles. The fourth-order valence-corrected chi connectivity index (χ4v) is 5.47. The van der Waals surface area contributed by atoms with Crippen LogP contribution in [0.15, 0.2) is 42.5 Å². The summed E-state index contributed by atoms with van der Waals surface area (Å²) in [6.07, 6.45) is 14.5. The molecule has 0 saturated heterocycles. The highest BCUT2D eigenvalue weighted by Crippen LogP contribution is 2.35. The summed E-state index contributed by atoms with van der Waals surface area (Å²) < 4.78 is 12.7. The summed E-state index contributed by atoms with van der Waals surface area (Å²) in [7, 11) is 0. The number of phenols is 1. The van der Waals surface area contributed by atoms with E-state index >= 15 is 0 Å². The molecule has 2 unspecified atom stereocenters. The third-order valence-electron chi connectivity index (χ3n) is 8.64. The van der Waals surface area contributed by atoms with Gasteiger partial charge in [-0.2, -0.15) is 0 Å². The Labute approximate surface area is 229 Å². The number of hydrogen-bond donors (Lipinski definition) is 2. The van der Waals surface area contributed by atoms with Gasteiger partial charge in [0.1, 0.15) is 22.7 Å². The number of rotatable bonds is 11. The van der Waals surface area contributed by atoms with Crippen LogP contribution in [0.25, 0.3) is 0 Å². The number of hydrogen-bond acceptors (Lipinski definition) is 4. The number of aromatic carboxylic acids is 1. The Kier molecular flexibility index (Phi) is 11.1. The van der Waals surface area contributed by atoms with Crippen LogP contribution in [-0.4, -0.2) is 28.4 Å². The molecule has 0 bridgehead atoms. The molecule has 5 nitrogen and oxygen atoms in total. The van der Waals surface area contributed by atoms with Gasteiger partial charge in [-0.15, -0.1) is 0 Å².